The van der Waals surface area contributed by atoms with Crippen LogP contribution in [-0.4, -0.2) is 20.8 Å². The van der Waals surface area contributed by atoms with Crippen LogP contribution < -0.4 is 5.32 Å². The van der Waals surface area contributed by atoms with Gasteiger partial charge in [-0.1, -0.05) is 35.0 Å². The minimum atomic E-state index is -0.319. The molecule has 7 heteroatoms. The van der Waals surface area contributed by atoms with Crippen molar-refractivity contribution < 1.29 is 9.32 Å². The van der Waals surface area contributed by atoms with Gasteiger partial charge in [0.2, 0.25) is 0 Å². The van der Waals surface area contributed by atoms with Gasteiger partial charge in [0.25, 0.3) is 5.91 Å². The molecule has 0 spiro atoms. The summed E-state index contributed by atoms with van der Waals surface area (Å²) in [6.45, 7) is 5.87. The molecule has 0 saturated carbocycles. The Morgan fingerprint density at radius 2 is 1.96 bits per heavy atom. The number of nitrogens with zero attached hydrogens (tertiary/aromatic N) is 3. The molecule has 1 amide bonds. The van der Waals surface area contributed by atoms with Crippen LogP contribution in [0.4, 0.5) is 5.69 Å². The van der Waals surface area contributed by atoms with Gasteiger partial charge in [-0.2, -0.15) is 5.10 Å². The molecule has 0 aliphatic heterocycles. The molecule has 0 aliphatic rings. The number of aromatic nitrogens is 3. The summed E-state index contributed by atoms with van der Waals surface area (Å²) in [5.74, 6) is 0.262. The number of carbonyl (C=O) groups is 1. The molecular weight excluding hydrogens is 328 g/mol. The van der Waals surface area contributed by atoms with Gasteiger partial charge in [0.15, 0.2) is 5.69 Å². The second kappa shape index (κ2) is 6.49. The molecule has 1 N–H and O–H groups in total. The molecule has 0 aliphatic carbocycles. The zero-order chi connectivity index (χ0) is 17.3. The first kappa shape index (κ1) is 16.3. The second-order valence-corrected chi connectivity index (χ2v) is 5.91. The lowest BCUT2D eigenvalue weighted by Gasteiger charge is -2.06. The second-order valence-electron chi connectivity index (χ2n) is 5.53. The van der Waals surface area contributed by atoms with Gasteiger partial charge in [0.05, 0.1) is 23.0 Å². The standard InChI is InChI=1S/C17H17ClN4O2/c1-10-15(18)11(2)22(20-10)9-14-12(3)24-21-16(14)17(23)19-13-7-5-4-6-8-13/h4-8H,9H2,1-3H3,(H,19,23). The normalized spacial score (nSPS) is 10.8. The van der Waals surface area contributed by atoms with E-state index in [-0.39, 0.29) is 11.6 Å². The fraction of sp³-hybridized carbons (Fsp3) is 0.235. The quantitative estimate of drug-likeness (QED) is 0.782. The van der Waals surface area contributed by atoms with Gasteiger partial charge in [-0.3, -0.25) is 9.48 Å². The summed E-state index contributed by atoms with van der Waals surface area (Å²) in [7, 11) is 0. The molecule has 6 nitrogen and oxygen atoms in total. The van der Waals surface area contributed by atoms with E-state index in [0.29, 0.717) is 28.6 Å². The molecule has 124 valence electrons. The van der Waals surface area contributed by atoms with E-state index in [1.165, 1.54) is 0 Å². The Morgan fingerprint density at radius 1 is 1.25 bits per heavy atom. The molecule has 0 bridgehead atoms. The number of nitrogens with one attached hydrogen (secondary N) is 1. The van der Waals surface area contributed by atoms with E-state index >= 15 is 0 Å². The van der Waals surface area contributed by atoms with Gasteiger partial charge in [-0.05, 0) is 32.9 Å². The largest absolute Gasteiger partial charge is 0.361 e. The van der Waals surface area contributed by atoms with Crippen LogP contribution in [-0.2, 0) is 6.54 Å². The van der Waals surface area contributed by atoms with E-state index in [9.17, 15) is 4.79 Å². The van der Waals surface area contributed by atoms with Crippen molar-refractivity contribution in [2.75, 3.05) is 5.32 Å². The molecular formula is C17H17ClN4O2. The molecule has 3 rings (SSSR count). The van der Waals surface area contributed by atoms with Crippen molar-refractivity contribution in [1.82, 2.24) is 14.9 Å². The lowest BCUT2D eigenvalue weighted by Crippen LogP contribution is -2.16. The Hall–Kier alpha value is -2.60. The minimum absolute atomic E-state index is 0.250. The third-order valence-electron chi connectivity index (χ3n) is 3.83. The van der Waals surface area contributed by atoms with Gasteiger partial charge in [-0.25, -0.2) is 0 Å². The van der Waals surface area contributed by atoms with Crippen LogP contribution in [0.3, 0.4) is 0 Å². The van der Waals surface area contributed by atoms with Crippen molar-refractivity contribution in [3.05, 3.63) is 63.8 Å². The summed E-state index contributed by atoms with van der Waals surface area (Å²) < 4.78 is 6.97. The van der Waals surface area contributed by atoms with E-state index in [4.69, 9.17) is 16.1 Å². The molecule has 0 fully saturated rings. The maximum atomic E-state index is 12.5. The minimum Gasteiger partial charge on any atom is -0.361 e. The number of halogens is 1. The first-order valence-corrected chi connectivity index (χ1v) is 7.86. The molecule has 0 saturated heterocycles. The predicted octanol–water partition coefficient (Wildman–Crippen LogP) is 3.75. The van der Waals surface area contributed by atoms with Crippen LogP contribution in [0.1, 0.15) is 33.2 Å². The number of benzene rings is 1. The Balaban J connectivity index is 1.88. The van der Waals surface area contributed by atoms with Gasteiger partial charge >= 0.3 is 0 Å². The lowest BCUT2D eigenvalue weighted by molar-refractivity contribution is 0.101. The van der Waals surface area contributed by atoms with E-state index in [1.54, 1.807) is 11.6 Å². The zero-order valence-electron chi connectivity index (χ0n) is 13.6. The van der Waals surface area contributed by atoms with Crippen LogP contribution in [0, 0.1) is 20.8 Å². The smallest absolute Gasteiger partial charge is 0.278 e. The Bertz CT molecular complexity index is 884. The fourth-order valence-electron chi connectivity index (χ4n) is 2.45. The number of aryl methyl sites for hydroxylation is 2. The summed E-state index contributed by atoms with van der Waals surface area (Å²) in [4.78, 5) is 12.5. The maximum Gasteiger partial charge on any atom is 0.278 e. The topological polar surface area (TPSA) is 73.0 Å². The third-order valence-corrected chi connectivity index (χ3v) is 4.38. The highest BCUT2D eigenvalue weighted by Gasteiger charge is 2.22. The number of para-hydroxylation sites is 1. The maximum absolute atomic E-state index is 12.5. The molecule has 2 heterocycles. The van der Waals surface area contributed by atoms with Crippen LogP contribution in [0.5, 0.6) is 0 Å². The SMILES string of the molecule is Cc1nn(Cc2c(C(=O)Nc3ccccc3)noc2C)c(C)c1Cl. The van der Waals surface area contributed by atoms with Crippen molar-refractivity contribution in [3.63, 3.8) is 0 Å². The van der Waals surface area contributed by atoms with E-state index in [2.05, 4.69) is 15.6 Å². The molecule has 0 atom stereocenters. The van der Waals surface area contributed by atoms with Crippen molar-refractivity contribution in [2.45, 2.75) is 27.3 Å². The highest BCUT2D eigenvalue weighted by atomic mass is 35.5. The summed E-state index contributed by atoms with van der Waals surface area (Å²) >= 11 is 6.19. The summed E-state index contributed by atoms with van der Waals surface area (Å²) in [6, 6.07) is 9.20. The first-order valence-electron chi connectivity index (χ1n) is 7.48. The number of amides is 1. The molecule has 24 heavy (non-hydrogen) atoms. The van der Waals surface area contributed by atoms with Crippen molar-refractivity contribution >= 4 is 23.2 Å². The van der Waals surface area contributed by atoms with E-state index < -0.39 is 0 Å². The number of anilines is 1. The molecule has 3 aromatic rings. The van der Waals surface area contributed by atoms with Crippen molar-refractivity contribution in [2.24, 2.45) is 0 Å². The van der Waals surface area contributed by atoms with Crippen LogP contribution in [0.15, 0.2) is 34.9 Å². The van der Waals surface area contributed by atoms with Crippen molar-refractivity contribution in [1.29, 1.82) is 0 Å². The van der Waals surface area contributed by atoms with Crippen LogP contribution >= 0.6 is 11.6 Å². The number of hydrogen-bond donors (Lipinski definition) is 1. The predicted molar refractivity (Wildman–Crippen MR) is 91.4 cm³/mol. The molecule has 0 unspecified atom stereocenters. The Morgan fingerprint density at radius 3 is 2.58 bits per heavy atom. The third kappa shape index (κ3) is 3.05. The highest BCUT2D eigenvalue weighted by Crippen LogP contribution is 2.22. The summed E-state index contributed by atoms with van der Waals surface area (Å²) in [6.07, 6.45) is 0. The molecule has 0 radical (unpaired) electrons. The van der Waals surface area contributed by atoms with Crippen molar-refractivity contribution in [3.8, 4) is 0 Å². The van der Waals surface area contributed by atoms with E-state index in [0.717, 1.165) is 11.4 Å². The summed E-state index contributed by atoms with van der Waals surface area (Å²) in [5, 5.41) is 11.7. The van der Waals surface area contributed by atoms with Gasteiger partial charge in [-0.15, -0.1) is 0 Å². The fourth-order valence-corrected chi connectivity index (χ4v) is 2.58. The average Bonchev–Trinajstić information content (AvgIpc) is 3.05. The Kier molecular flexibility index (Phi) is 4.40. The van der Waals surface area contributed by atoms with Gasteiger partial charge in [0.1, 0.15) is 5.76 Å². The monoisotopic (exact) mass is 344 g/mol. The lowest BCUT2D eigenvalue weighted by atomic mass is 10.1. The summed E-state index contributed by atoms with van der Waals surface area (Å²) in [5.41, 5.74) is 3.22. The molecule has 2 aromatic heterocycles. The molecule has 1 aromatic carbocycles. The number of hydrogen-bond acceptors (Lipinski definition) is 4. The number of carbonyl (C=O) groups excluding carboxylic acids is 1. The number of rotatable bonds is 4. The van der Waals surface area contributed by atoms with E-state index in [1.807, 2.05) is 44.2 Å². The van der Waals surface area contributed by atoms with Gasteiger partial charge < -0.3 is 9.84 Å². The van der Waals surface area contributed by atoms with Crippen LogP contribution in [0.2, 0.25) is 5.02 Å². The van der Waals surface area contributed by atoms with Crippen LogP contribution in [0.25, 0.3) is 0 Å². The zero-order valence-corrected chi connectivity index (χ0v) is 14.4. The highest BCUT2D eigenvalue weighted by molar-refractivity contribution is 6.31. The average molecular weight is 345 g/mol. The Labute approximate surface area is 144 Å². The first-order chi connectivity index (χ1) is 11.5. The van der Waals surface area contributed by atoms with Gasteiger partial charge in [0, 0.05) is 11.3 Å².